The lowest BCUT2D eigenvalue weighted by atomic mass is 10.0. The van der Waals surface area contributed by atoms with Gasteiger partial charge in [0.25, 0.3) is 0 Å². The molecule has 2 rings (SSSR count). The van der Waals surface area contributed by atoms with E-state index in [9.17, 15) is 4.39 Å². The molecule has 0 unspecified atom stereocenters. The van der Waals surface area contributed by atoms with Crippen LogP contribution in [0.15, 0.2) is 36.9 Å². The second kappa shape index (κ2) is 4.26. The Balaban J connectivity index is 2.66. The van der Waals surface area contributed by atoms with Crippen LogP contribution in [0.3, 0.4) is 0 Å². The van der Waals surface area contributed by atoms with Crippen LogP contribution < -0.4 is 4.74 Å². The number of ether oxygens (including phenoxy) is 1. The van der Waals surface area contributed by atoms with E-state index in [4.69, 9.17) is 10.00 Å². The highest BCUT2D eigenvalue weighted by Crippen LogP contribution is 2.28. The fourth-order valence-electron chi connectivity index (χ4n) is 1.68. The van der Waals surface area contributed by atoms with Crippen LogP contribution in [0, 0.1) is 17.1 Å². The minimum atomic E-state index is -0.390. The molecule has 0 amide bonds. The summed E-state index contributed by atoms with van der Waals surface area (Å²) in [6.45, 7) is 3.63. The zero-order chi connectivity index (χ0) is 12.4. The summed E-state index contributed by atoms with van der Waals surface area (Å²) in [7, 11) is 1.43. The quantitative estimate of drug-likeness (QED) is 0.735. The largest absolute Gasteiger partial charge is 0.494 e. The van der Waals surface area contributed by atoms with Gasteiger partial charge in [-0.3, -0.25) is 0 Å². The topological polar surface area (TPSA) is 33.0 Å². The van der Waals surface area contributed by atoms with E-state index in [-0.39, 0.29) is 11.6 Å². The van der Waals surface area contributed by atoms with Gasteiger partial charge in [-0.05, 0) is 23.1 Å². The molecule has 0 aliphatic rings. The molecule has 0 aliphatic heterocycles. The van der Waals surface area contributed by atoms with E-state index >= 15 is 0 Å². The van der Waals surface area contributed by atoms with E-state index in [1.807, 2.05) is 6.07 Å². The fraction of sp³-hybridized carbons (Fsp3) is 0.0714. The molecule has 0 saturated carbocycles. The molecular weight excluding hydrogens is 217 g/mol. The highest BCUT2D eigenvalue weighted by molar-refractivity contribution is 5.89. The van der Waals surface area contributed by atoms with Crippen molar-refractivity contribution in [1.29, 1.82) is 5.26 Å². The minimum Gasteiger partial charge on any atom is -0.494 e. The number of hydrogen-bond donors (Lipinski definition) is 0. The van der Waals surface area contributed by atoms with Gasteiger partial charge in [0.15, 0.2) is 11.6 Å². The van der Waals surface area contributed by atoms with Crippen molar-refractivity contribution >= 4 is 16.3 Å². The summed E-state index contributed by atoms with van der Waals surface area (Å²) < 4.78 is 18.8. The van der Waals surface area contributed by atoms with Crippen LogP contribution >= 0.6 is 0 Å². The van der Waals surface area contributed by atoms with Crippen molar-refractivity contribution in [1.82, 2.24) is 0 Å². The maximum Gasteiger partial charge on any atom is 0.172 e. The van der Waals surface area contributed by atoms with Gasteiger partial charge in [0, 0.05) is 5.39 Å². The van der Waals surface area contributed by atoms with Crippen molar-refractivity contribution in [3.63, 3.8) is 0 Å². The van der Waals surface area contributed by atoms with Gasteiger partial charge in [0.05, 0.1) is 18.8 Å². The number of rotatable bonds is 2. The van der Waals surface area contributed by atoms with E-state index in [1.54, 1.807) is 30.3 Å². The monoisotopic (exact) mass is 227 g/mol. The molecule has 0 aromatic heterocycles. The summed E-state index contributed by atoms with van der Waals surface area (Å²) >= 11 is 0. The van der Waals surface area contributed by atoms with Gasteiger partial charge in [-0.25, -0.2) is 4.39 Å². The summed E-state index contributed by atoms with van der Waals surface area (Å²) in [5.74, 6) is -0.177. The minimum absolute atomic E-state index is 0.212. The number of methoxy groups -OCH3 is 1. The first-order chi connectivity index (χ1) is 8.17. The number of nitrogens with zero attached hydrogens (tertiary/aromatic N) is 1. The Morgan fingerprint density at radius 2 is 2.12 bits per heavy atom. The Kier molecular flexibility index (Phi) is 2.80. The van der Waals surface area contributed by atoms with Crippen LogP contribution in [0.5, 0.6) is 5.75 Å². The SMILES string of the molecule is C=C(C#N)c1ccc2c(F)c(OC)ccc2c1. The predicted octanol–water partition coefficient (Wildman–Crippen LogP) is 3.52. The molecule has 84 valence electrons. The van der Waals surface area contributed by atoms with E-state index in [1.165, 1.54) is 7.11 Å². The van der Waals surface area contributed by atoms with Crippen LogP contribution in [0.4, 0.5) is 4.39 Å². The van der Waals surface area contributed by atoms with Gasteiger partial charge in [0.2, 0.25) is 0 Å². The Morgan fingerprint density at radius 3 is 2.76 bits per heavy atom. The maximum absolute atomic E-state index is 13.9. The first kappa shape index (κ1) is 11.2. The summed E-state index contributed by atoms with van der Waals surface area (Å²) in [5.41, 5.74) is 1.06. The Hall–Kier alpha value is -2.34. The van der Waals surface area contributed by atoms with Gasteiger partial charge >= 0.3 is 0 Å². The van der Waals surface area contributed by atoms with Crippen LogP contribution in [0.25, 0.3) is 16.3 Å². The van der Waals surface area contributed by atoms with Crippen molar-refractivity contribution in [2.45, 2.75) is 0 Å². The normalized spacial score (nSPS) is 9.94. The Morgan fingerprint density at radius 1 is 1.35 bits per heavy atom. The molecular formula is C14H10FNO. The summed E-state index contributed by atoms with van der Waals surface area (Å²) in [6, 6.07) is 10.3. The molecule has 0 spiro atoms. The van der Waals surface area contributed by atoms with Crippen LogP contribution in [0.2, 0.25) is 0 Å². The molecule has 3 heteroatoms. The smallest absolute Gasteiger partial charge is 0.172 e. The van der Waals surface area contributed by atoms with Crippen LogP contribution in [0.1, 0.15) is 5.56 Å². The maximum atomic E-state index is 13.9. The lowest BCUT2D eigenvalue weighted by molar-refractivity contribution is 0.389. The summed E-state index contributed by atoms with van der Waals surface area (Å²) in [5, 5.41) is 9.94. The van der Waals surface area contributed by atoms with Crippen LogP contribution in [-0.2, 0) is 0 Å². The van der Waals surface area contributed by atoms with Gasteiger partial charge in [-0.2, -0.15) is 5.26 Å². The Labute approximate surface area is 98.6 Å². The number of benzene rings is 2. The standard InChI is InChI=1S/C14H10FNO/c1-9(8-16)10-3-5-12-11(7-10)4-6-13(17-2)14(12)15/h3-7H,1H2,2H3. The molecule has 2 aromatic rings. The lowest BCUT2D eigenvalue weighted by Crippen LogP contribution is -1.90. The van der Waals surface area contributed by atoms with E-state index in [0.717, 1.165) is 5.39 Å². The second-order valence-corrected chi connectivity index (χ2v) is 3.61. The highest BCUT2D eigenvalue weighted by Gasteiger charge is 2.08. The third-order valence-electron chi connectivity index (χ3n) is 2.62. The van der Waals surface area contributed by atoms with Gasteiger partial charge in [-0.15, -0.1) is 0 Å². The van der Waals surface area contributed by atoms with Gasteiger partial charge in [0.1, 0.15) is 0 Å². The molecule has 2 nitrogen and oxygen atoms in total. The molecule has 0 radical (unpaired) electrons. The average Bonchev–Trinajstić information content (AvgIpc) is 2.38. The predicted molar refractivity (Wildman–Crippen MR) is 65.1 cm³/mol. The van der Waals surface area contributed by atoms with Crippen molar-refractivity contribution in [3.8, 4) is 11.8 Å². The highest BCUT2D eigenvalue weighted by atomic mass is 19.1. The molecule has 0 bridgehead atoms. The first-order valence-electron chi connectivity index (χ1n) is 5.03. The van der Waals surface area contributed by atoms with Crippen molar-refractivity contribution in [2.75, 3.05) is 7.11 Å². The number of allylic oxidation sites excluding steroid dienone is 1. The molecule has 0 atom stereocenters. The first-order valence-corrected chi connectivity index (χ1v) is 5.03. The number of hydrogen-bond acceptors (Lipinski definition) is 2. The molecule has 17 heavy (non-hydrogen) atoms. The van der Waals surface area contributed by atoms with Crippen molar-refractivity contribution in [3.05, 3.63) is 48.3 Å². The van der Waals surface area contributed by atoms with Crippen molar-refractivity contribution in [2.24, 2.45) is 0 Å². The Bertz CT molecular complexity index is 640. The zero-order valence-corrected chi connectivity index (χ0v) is 9.33. The third-order valence-corrected chi connectivity index (χ3v) is 2.62. The number of nitriles is 1. The lowest BCUT2D eigenvalue weighted by Gasteiger charge is -2.06. The molecule has 0 heterocycles. The van der Waals surface area contributed by atoms with E-state index < -0.39 is 0 Å². The number of halogens is 1. The van der Waals surface area contributed by atoms with E-state index in [2.05, 4.69) is 6.58 Å². The summed E-state index contributed by atoms with van der Waals surface area (Å²) in [4.78, 5) is 0. The fourth-order valence-corrected chi connectivity index (χ4v) is 1.68. The number of fused-ring (bicyclic) bond motifs is 1. The third kappa shape index (κ3) is 1.85. The molecule has 0 aliphatic carbocycles. The zero-order valence-electron chi connectivity index (χ0n) is 9.33. The second-order valence-electron chi connectivity index (χ2n) is 3.61. The van der Waals surface area contributed by atoms with Gasteiger partial charge < -0.3 is 4.74 Å². The van der Waals surface area contributed by atoms with Crippen LogP contribution in [-0.4, -0.2) is 7.11 Å². The molecule has 2 aromatic carbocycles. The summed E-state index contributed by atoms with van der Waals surface area (Å²) in [6.07, 6.45) is 0. The van der Waals surface area contributed by atoms with E-state index in [0.29, 0.717) is 16.5 Å². The average molecular weight is 227 g/mol. The molecule has 0 saturated heterocycles. The molecule has 0 N–H and O–H groups in total. The van der Waals surface area contributed by atoms with Gasteiger partial charge in [-0.1, -0.05) is 24.8 Å². The molecule has 0 fully saturated rings. The van der Waals surface area contributed by atoms with Crippen molar-refractivity contribution < 1.29 is 9.13 Å².